The zero-order valence-corrected chi connectivity index (χ0v) is 6.43. The van der Waals surface area contributed by atoms with Crippen LogP contribution < -0.4 is 5.69 Å². The smallest absolute Gasteiger partial charge is 0.301 e. The van der Waals surface area contributed by atoms with Crippen LogP contribution in [0.2, 0.25) is 0 Å². The highest BCUT2D eigenvalue weighted by atomic mass is 16.7. The average molecular weight is 179 g/mol. The number of aromatic amines is 1. The van der Waals surface area contributed by atoms with Gasteiger partial charge in [-0.1, -0.05) is 12.1 Å². The first-order valence-electron chi connectivity index (χ1n) is 3.54. The highest BCUT2D eigenvalue weighted by Gasteiger charge is 2.13. The number of benzene rings is 1. The third-order valence-corrected chi connectivity index (χ3v) is 1.73. The van der Waals surface area contributed by atoms with E-state index in [9.17, 15) is 14.9 Å². The second-order valence-electron chi connectivity index (χ2n) is 2.50. The molecule has 1 aromatic carbocycles. The minimum atomic E-state index is -0.749. The van der Waals surface area contributed by atoms with Crippen LogP contribution in [-0.2, 0) is 0 Å². The van der Waals surface area contributed by atoms with Gasteiger partial charge < -0.3 is 4.98 Å². The van der Waals surface area contributed by atoms with Crippen molar-refractivity contribution in [3.05, 3.63) is 44.9 Å². The molecule has 1 aromatic heterocycles. The number of hydrogen-bond donors (Lipinski definition) is 1. The minimum absolute atomic E-state index is 0.275. The van der Waals surface area contributed by atoms with Crippen molar-refractivity contribution >= 4 is 11.0 Å². The molecule has 0 fully saturated rings. The maximum Gasteiger partial charge on any atom is 0.385 e. The Kier molecular flexibility index (Phi) is 1.42. The van der Waals surface area contributed by atoms with Crippen LogP contribution in [0.5, 0.6) is 0 Å². The quantitative estimate of drug-likeness (QED) is 0.507. The second kappa shape index (κ2) is 2.44. The van der Waals surface area contributed by atoms with Gasteiger partial charge in [0.05, 0.1) is 5.52 Å². The summed E-state index contributed by atoms with van der Waals surface area (Å²) >= 11 is 0. The lowest BCUT2D eigenvalue weighted by Gasteiger charge is -1.88. The summed E-state index contributed by atoms with van der Waals surface area (Å²) < 4.78 is 0.481. The first-order valence-corrected chi connectivity index (χ1v) is 3.54. The normalized spacial score (nSPS) is 10.5. The summed E-state index contributed by atoms with van der Waals surface area (Å²) in [6.07, 6.45) is 0. The third kappa shape index (κ3) is 0.994. The molecule has 0 radical (unpaired) electrons. The van der Waals surface area contributed by atoms with E-state index in [0.29, 0.717) is 10.2 Å². The molecule has 0 saturated heterocycles. The van der Waals surface area contributed by atoms with E-state index >= 15 is 0 Å². The first-order chi connectivity index (χ1) is 6.20. The SMILES string of the molecule is O=c1[nH]c2ccccc2n1[N+](=O)[O-]. The van der Waals surface area contributed by atoms with Gasteiger partial charge in [0.1, 0.15) is 5.52 Å². The zero-order chi connectivity index (χ0) is 9.42. The van der Waals surface area contributed by atoms with E-state index < -0.39 is 10.7 Å². The summed E-state index contributed by atoms with van der Waals surface area (Å²) in [5.74, 6) is 0. The van der Waals surface area contributed by atoms with Crippen LogP contribution in [-0.4, -0.2) is 14.7 Å². The average Bonchev–Trinajstić information content (AvgIpc) is 2.39. The van der Waals surface area contributed by atoms with Crippen molar-refractivity contribution in [2.24, 2.45) is 0 Å². The summed E-state index contributed by atoms with van der Waals surface area (Å²) in [5.41, 5.74) is 0.00731. The number of H-pyrrole nitrogens is 1. The van der Waals surface area contributed by atoms with Gasteiger partial charge in [-0.05, 0) is 16.8 Å². The fourth-order valence-corrected chi connectivity index (χ4v) is 1.20. The molecule has 6 heteroatoms. The predicted octanol–water partition coefficient (Wildman–Crippen LogP) is 0.369. The van der Waals surface area contributed by atoms with Crippen LogP contribution in [0.4, 0.5) is 0 Å². The monoisotopic (exact) mass is 179 g/mol. The molecule has 0 aliphatic heterocycles. The highest BCUT2D eigenvalue weighted by molar-refractivity contribution is 5.74. The van der Waals surface area contributed by atoms with Crippen molar-refractivity contribution in [1.82, 2.24) is 9.66 Å². The standard InChI is InChI=1S/C7H5N3O3/c11-7-8-5-3-1-2-4-6(5)9(7)10(12)13/h1-4H,(H,8,11). The fourth-order valence-electron chi connectivity index (χ4n) is 1.20. The zero-order valence-electron chi connectivity index (χ0n) is 6.43. The maximum absolute atomic E-state index is 11.0. The summed E-state index contributed by atoms with van der Waals surface area (Å²) in [4.78, 5) is 23.9. The topological polar surface area (TPSA) is 80.9 Å². The molecule has 2 aromatic rings. The van der Waals surface area contributed by atoms with Gasteiger partial charge in [-0.3, -0.25) is 0 Å². The van der Waals surface area contributed by atoms with E-state index in [1.807, 2.05) is 0 Å². The maximum atomic E-state index is 11.0. The fraction of sp³-hybridized carbons (Fsp3) is 0. The molecular weight excluding hydrogens is 174 g/mol. The van der Waals surface area contributed by atoms with Crippen molar-refractivity contribution in [2.45, 2.75) is 0 Å². The molecule has 0 amide bonds. The Morgan fingerprint density at radius 2 is 2.08 bits per heavy atom. The number of nitro groups is 1. The molecule has 0 aliphatic carbocycles. The van der Waals surface area contributed by atoms with Crippen LogP contribution in [0.25, 0.3) is 11.0 Å². The third-order valence-electron chi connectivity index (χ3n) is 1.73. The molecule has 2 rings (SSSR count). The Morgan fingerprint density at radius 1 is 1.38 bits per heavy atom. The van der Waals surface area contributed by atoms with Crippen LogP contribution in [0, 0.1) is 10.1 Å². The van der Waals surface area contributed by atoms with E-state index in [1.165, 1.54) is 6.07 Å². The van der Waals surface area contributed by atoms with Crippen molar-refractivity contribution in [1.29, 1.82) is 0 Å². The minimum Gasteiger partial charge on any atom is -0.301 e. The van der Waals surface area contributed by atoms with Gasteiger partial charge in [-0.25, -0.2) is 14.9 Å². The second-order valence-corrected chi connectivity index (χ2v) is 2.50. The molecular formula is C7H5N3O3. The number of nitrogens with one attached hydrogen (secondary N) is 1. The lowest BCUT2D eigenvalue weighted by Crippen LogP contribution is -2.23. The summed E-state index contributed by atoms with van der Waals surface area (Å²) in [6, 6.07) is 6.45. The molecule has 1 heterocycles. The number of hydrogen-bond acceptors (Lipinski definition) is 3. The van der Waals surface area contributed by atoms with Gasteiger partial charge in [0.2, 0.25) is 0 Å². The van der Waals surface area contributed by atoms with E-state index in [-0.39, 0.29) is 5.52 Å². The number of rotatable bonds is 1. The molecule has 0 unspecified atom stereocenters. The highest BCUT2D eigenvalue weighted by Crippen LogP contribution is 2.07. The van der Waals surface area contributed by atoms with Crippen LogP contribution >= 0.6 is 0 Å². The van der Waals surface area contributed by atoms with Crippen molar-refractivity contribution in [3.63, 3.8) is 0 Å². The van der Waals surface area contributed by atoms with Crippen LogP contribution in [0.3, 0.4) is 0 Å². The molecule has 0 spiro atoms. The molecule has 0 saturated carbocycles. The Bertz CT molecular complexity index is 525. The summed E-state index contributed by atoms with van der Waals surface area (Å²) in [5, 5.41) is 9.70. The molecule has 13 heavy (non-hydrogen) atoms. The Morgan fingerprint density at radius 3 is 2.77 bits per heavy atom. The molecule has 0 atom stereocenters. The van der Waals surface area contributed by atoms with E-state index in [0.717, 1.165) is 0 Å². The van der Waals surface area contributed by atoms with Crippen LogP contribution in [0.15, 0.2) is 29.1 Å². The van der Waals surface area contributed by atoms with Crippen molar-refractivity contribution in [2.75, 3.05) is 0 Å². The van der Waals surface area contributed by atoms with E-state index in [2.05, 4.69) is 4.98 Å². The van der Waals surface area contributed by atoms with Gasteiger partial charge in [0.25, 0.3) is 0 Å². The molecule has 6 nitrogen and oxygen atoms in total. The lowest BCUT2D eigenvalue weighted by molar-refractivity contribution is -0.540. The van der Waals surface area contributed by atoms with Gasteiger partial charge in [-0.15, -0.1) is 0 Å². The summed E-state index contributed by atoms with van der Waals surface area (Å²) in [7, 11) is 0. The molecule has 0 bridgehead atoms. The number of para-hydroxylation sites is 2. The van der Waals surface area contributed by atoms with Gasteiger partial charge in [-0.2, -0.15) is 0 Å². The Hall–Kier alpha value is -2.11. The molecule has 1 N–H and O–H groups in total. The number of fused-ring (bicyclic) bond motifs is 1. The first kappa shape index (κ1) is 7.53. The predicted molar refractivity (Wildman–Crippen MR) is 45.0 cm³/mol. The summed E-state index contributed by atoms with van der Waals surface area (Å²) in [6.45, 7) is 0. The van der Waals surface area contributed by atoms with Gasteiger partial charge in [0.15, 0.2) is 5.03 Å². The van der Waals surface area contributed by atoms with Crippen molar-refractivity contribution in [3.8, 4) is 0 Å². The molecule has 0 aliphatic rings. The Balaban J connectivity index is 2.95. The number of aromatic nitrogens is 2. The van der Waals surface area contributed by atoms with Gasteiger partial charge in [0, 0.05) is 0 Å². The van der Waals surface area contributed by atoms with Crippen LogP contribution in [0.1, 0.15) is 0 Å². The number of imidazole rings is 1. The Labute approximate surface area is 71.5 Å². The number of nitrogens with zero attached hydrogens (tertiary/aromatic N) is 2. The van der Waals surface area contributed by atoms with E-state index in [1.54, 1.807) is 18.2 Å². The van der Waals surface area contributed by atoms with Gasteiger partial charge >= 0.3 is 5.69 Å². The lowest BCUT2D eigenvalue weighted by atomic mass is 10.3. The molecule has 66 valence electrons. The largest absolute Gasteiger partial charge is 0.385 e. The van der Waals surface area contributed by atoms with E-state index in [4.69, 9.17) is 0 Å². The van der Waals surface area contributed by atoms with Crippen molar-refractivity contribution < 1.29 is 5.03 Å².